The number of rotatable bonds is 4. The third-order valence-corrected chi connectivity index (χ3v) is 6.43. The van der Waals surface area contributed by atoms with Gasteiger partial charge in [0.2, 0.25) is 0 Å². The number of benzene rings is 2. The summed E-state index contributed by atoms with van der Waals surface area (Å²) in [6, 6.07) is 17.2. The van der Waals surface area contributed by atoms with Crippen LogP contribution in [0.4, 0.5) is 0 Å². The van der Waals surface area contributed by atoms with Gasteiger partial charge in [-0.1, -0.05) is 79.8 Å². The second kappa shape index (κ2) is 8.47. The molecule has 0 N–H and O–H groups in total. The quantitative estimate of drug-likeness (QED) is 0.593. The van der Waals surface area contributed by atoms with Gasteiger partial charge in [0.15, 0.2) is 4.80 Å². The highest BCUT2D eigenvalue weighted by molar-refractivity contribution is 7.07. The molecule has 0 saturated carbocycles. The number of fused-ring (bicyclic) bond motifs is 1. The average molecular weight is 433 g/mol. The van der Waals surface area contributed by atoms with Gasteiger partial charge in [-0.3, -0.25) is 9.36 Å². The SMILES string of the molecule is COC(=O)C1=C(C)N=c2sc(=Cc3ccccc3)c(=O)n2[C@@H]1c1ccc(C(C)C)cc1. The predicted octanol–water partition coefficient (Wildman–Crippen LogP) is 3.53. The molecule has 0 aliphatic carbocycles. The molecule has 2 aromatic carbocycles. The molecule has 1 aliphatic rings. The minimum atomic E-state index is -0.581. The maximum Gasteiger partial charge on any atom is 0.338 e. The Bertz CT molecular complexity index is 1330. The maximum absolute atomic E-state index is 13.4. The normalized spacial score (nSPS) is 16.3. The van der Waals surface area contributed by atoms with E-state index in [1.165, 1.54) is 24.0 Å². The van der Waals surface area contributed by atoms with Crippen LogP contribution >= 0.6 is 11.3 Å². The topological polar surface area (TPSA) is 60.7 Å². The van der Waals surface area contributed by atoms with Crippen LogP contribution < -0.4 is 14.9 Å². The Balaban J connectivity index is 1.95. The fourth-order valence-corrected chi connectivity index (χ4v) is 4.82. The first kappa shape index (κ1) is 21.0. The Morgan fingerprint density at radius 3 is 2.42 bits per heavy atom. The molecular formula is C25H24N2O3S. The van der Waals surface area contributed by atoms with Crippen molar-refractivity contribution in [3.8, 4) is 0 Å². The number of hydrogen-bond donors (Lipinski definition) is 0. The molecule has 0 saturated heterocycles. The summed E-state index contributed by atoms with van der Waals surface area (Å²) in [6.07, 6.45) is 1.86. The first-order chi connectivity index (χ1) is 14.9. The van der Waals surface area contributed by atoms with E-state index >= 15 is 0 Å². The third-order valence-electron chi connectivity index (χ3n) is 5.44. The predicted molar refractivity (Wildman–Crippen MR) is 123 cm³/mol. The van der Waals surface area contributed by atoms with E-state index < -0.39 is 12.0 Å². The van der Waals surface area contributed by atoms with E-state index in [2.05, 4.69) is 18.8 Å². The molecule has 0 bridgehead atoms. The highest BCUT2D eigenvalue weighted by Gasteiger charge is 2.33. The Kier molecular flexibility index (Phi) is 5.74. The molecule has 2 heterocycles. The van der Waals surface area contributed by atoms with Gasteiger partial charge in [0.05, 0.1) is 29.0 Å². The van der Waals surface area contributed by atoms with Crippen molar-refractivity contribution in [3.63, 3.8) is 0 Å². The van der Waals surface area contributed by atoms with Crippen molar-refractivity contribution in [2.24, 2.45) is 4.99 Å². The molecule has 0 radical (unpaired) electrons. The first-order valence-electron chi connectivity index (χ1n) is 10.2. The molecular weight excluding hydrogens is 408 g/mol. The Hall–Kier alpha value is -3.25. The van der Waals surface area contributed by atoms with Gasteiger partial charge in [-0.2, -0.15) is 0 Å². The largest absolute Gasteiger partial charge is 0.466 e. The molecule has 31 heavy (non-hydrogen) atoms. The number of methoxy groups -OCH3 is 1. The number of aromatic nitrogens is 1. The molecule has 3 aromatic rings. The van der Waals surface area contributed by atoms with Gasteiger partial charge < -0.3 is 4.74 Å². The van der Waals surface area contributed by atoms with Crippen LogP contribution in [0.25, 0.3) is 6.08 Å². The number of nitrogens with zero attached hydrogens (tertiary/aromatic N) is 2. The second-order valence-electron chi connectivity index (χ2n) is 7.81. The van der Waals surface area contributed by atoms with Gasteiger partial charge in [-0.05, 0) is 35.6 Å². The van der Waals surface area contributed by atoms with Crippen LogP contribution in [0.5, 0.6) is 0 Å². The van der Waals surface area contributed by atoms with E-state index in [0.29, 0.717) is 26.5 Å². The van der Waals surface area contributed by atoms with Crippen molar-refractivity contribution in [2.75, 3.05) is 7.11 Å². The molecule has 6 heteroatoms. The van der Waals surface area contributed by atoms with Crippen LogP contribution in [-0.4, -0.2) is 17.6 Å². The lowest BCUT2D eigenvalue weighted by atomic mass is 9.93. The Morgan fingerprint density at radius 2 is 1.81 bits per heavy atom. The van der Waals surface area contributed by atoms with Crippen LogP contribution in [0.15, 0.2) is 75.7 Å². The minimum Gasteiger partial charge on any atom is -0.466 e. The lowest BCUT2D eigenvalue weighted by Gasteiger charge is -2.24. The van der Waals surface area contributed by atoms with Crippen molar-refractivity contribution in [3.05, 3.63) is 102 Å². The van der Waals surface area contributed by atoms with Crippen LogP contribution in [0, 0.1) is 0 Å². The molecule has 4 rings (SSSR count). The van der Waals surface area contributed by atoms with Crippen molar-refractivity contribution in [2.45, 2.75) is 32.7 Å². The molecule has 1 aromatic heterocycles. The highest BCUT2D eigenvalue weighted by Crippen LogP contribution is 2.31. The van der Waals surface area contributed by atoms with Gasteiger partial charge in [0.1, 0.15) is 0 Å². The van der Waals surface area contributed by atoms with Crippen molar-refractivity contribution >= 4 is 23.4 Å². The van der Waals surface area contributed by atoms with Gasteiger partial charge in [0.25, 0.3) is 5.56 Å². The van der Waals surface area contributed by atoms with Crippen LogP contribution in [0.1, 0.15) is 49.4 Å². The van der Waals surface area contributed by atoms with Crippen LogP contribution in [0.2, 0.25) is 0 Å². The van der Waals surface area contributed by atoms with E-state index in [4.69, 9.17) is 4.74 Å². The smallest absolute Gasteiger partial charge is 0.338 e. The van der Waals surface area contributed by atoms with Crippen molar-refractivity contribution in [1.29, 1.82) is 0 Å². The molecule has 5 nitrogen and oxygen atoms in total. The zero-order chi connectivity index (χ0) is 22.1. The summed E-state index contributed by atoms with van der Waals surface area (Å²) in [5.41, 5.74) is 3.77. The fourth-order valence-electron chi connectivity index (χ4n) is 3.77. The number of thiazole rings is 1. The molecule has 158 valence electrons. The molecule has 0 spiro atoms. The summed E-state index contributed by atoms with van der Waals surface area (Å²) in [5, 5.41) is 0. The summed E-state index contributed by atoms with van der Waals surface area (Å²) in [7, 11) is 1.35. The maximum atomic E-state index is 13.4. The standard InChI is InChI=1S/C25H24N2O3S/c1-15(2)18-10-12-19(13-11-18)22-21(24(29)30-4)16(3)26-25-27(22)23(28)20(31-25)14-17-8-6-5-7-9-17/h5-15,22H,1-4H3/t22-/m1/s1. The number of carbonyl (C=O) groups excluding carboxylic acids is 1. The summed E-state index contributed by atoms with van der Waals surface area (Å²) in [5.74, 6) is -0.0872. The highest BCUT2D eigenvalue weighted by atomic mass is 32.1. The summed E-state index contributed by atoms with van der Waals surface area (Å²) in [4.78, 5) is 31.3. The lowest BCUT2D eigenvalue weighted by molar-refractivity contribution is -0.136. The molecule has 0 unspecified atom stereocenters. The summed E-state index contributed by atoms with van der Waals surface area (Å²) in [6.45, 7) is 6.05. The number of allylic oxidation sites excluding steroid dienone is 1. The fraction of sp³-hybridized carbons (Fsp3) is 0.240. The molecule has 0 fully saturated rings. The second-order valence-corrected chi connectivity index (χ2v) is 8.81. The number of carbonyl (C=O) groups is 1. The number of esters is 1. The number of ether oxygens (including phenoxy) is 1. The van der Waals surface area contributed by atoms with Gasteiger partial charge in [-0.15, -0.1) is 0 Å². The molecule has 1 aliphatic heterocycles. The summed E-state index contributed by atoms with van der Waals surface area (Å²) < 4.78 is 7.25. The van der Waals surface area contributed by atoms with Crippen LogP contribution in [0.3, 0.4) is 0 Å². The van der Waals surface area contributed by atoms with Crippen LogP contribution in [-0.2, 0) is 9.53 Å². The van der Waals surface area contributed by atoms with Gasteiger partial charge >= 0.3 is 5.97 Å². The van der Waals surface area contributed by atoms with Crippen molar-refractivity contribution in [1.82, 2.24) is 4.57 Å². The average Bonchev–Trinajstić information content (AvgIpc) is 3.07. The zero-order valence-electron chi connectivity index (χ0n) is 18.0. The van der Waals surface area contributed by atoms with Gasteiger partial charge in [0, 0.05) is 0 Å². The van der Waals surface area contributed by atoms with E-state index in [1.54, 1.807) is 11.5 Å². The number of hydrogen-bond acceptors (Lipinski definition) is 5. The Labute approximate surface area is 184 Å². The third kappa shape index (κ3) is 3.91. The van der Waals surface area contributed by atoms with E-state index in [1.807, 2.05) is 60.7 Å². The van der Waals surface area contributed by atoms with Crippen molar-refractivity contribution < 1.29 is 9.53 Å². The minimum absolute atomic E-state index is 0.167. The Morgan fingerprint density at radius 1 is 1.13 bits per heavy atom. The monoisotopic (exact) mass is 432 g/mol. The first-order valence-corrected chi connectivity index (χ1v) is 11.0. The van der Waals surface area contributed by atoms with E-state index in [9.17, 15) is 9.59 Å². The summed E-state index contributed by atoms with van der Waals surface area (Å²) >= 11 is 1.33. The molecule has 0 amide bonds. The molecule has 1 atom stereocenters. The lowest BCUT2D eigenvalue weighted by Crippen LogP contribution is -2.39. The van der Waals surface area contributed by atoms with E-state index in [-0.39, 0.29) is 5.56 Å². The zero-order valence-corrected chi connectivity index (χ0v) is 18.8. The van der Waals surface area contributed by atoms with E-state index in [0.717, 1.165) is 11.1 Å². The van der Waals surface area contributed by atoms with Gasteiger partial charge in [-0.25, -0.2) is 9.79 Å².